The first kappa shape index (κ1) is 15.3. The Morgan fingerprint density at radius 2 is 2.24 bits per heavy atom. The second-order valence-electron chi connectivity index (χ2n) is 5.25. The number of nitrogens with zero attached hydrogens (tertiary/aromatic N) is 2. The Morgan fingerprint density at radius 3 is 2.90 bits per heavy atom. The largest absolute Gasteiger partial charge is 0.497 e. The van der Waals surface area contributed by atoms with Crippen LogP contribution in [0.4, 0.5) is 5.69 Å². The molecule has 0 unspecified atom stereocenters. The van der Waals surface area contributed by atoms with Gasteiger partial charge in [0.25, 0.3) is 0 Å². The maximum Gasteiger partial charge on any atom is 0.227 e. The van der Waals surface area contributed by atoms with Gasteiger partial charge >= 0.3 is 0 Å². The van der Waals surface area contributed by atoms with Gasteiger partial charge in [0.05, 0.1) is 13.2 Å². The zero-order chi connectivity index (χ0) is 15.1. The van der Waals surface area contributed by atoms with Crippen LogP contribution < -0.4 is 10.1 Å². The Hall–Kier alpha value is -2.06. The first-order chi connectivity index (χ1) is 10.2. The van der Waals surface area contributed by atoms with Gasteiger partial charge in [-0.3, -0.25) is 4.79 Å². The minimum Gasteiger partial charge on any atom is -0.497 e. The summed E-state index contributed by atoms with van der Waals surface area (Å²) in [6.07, 6.45) is 2.25. The number of hydrogen-bond donors (Lipinski definition) is 1. The lowest BCUT2D eigenvalue weighted by atomic mass is 9.95. The fraction of sp³-hybridized carbons (Fsp3) is 0.500. The van der Waals surface area contributed by atoms with Crippen LogP contribution in [-0.2, 0) is 4.79 Å². The molecule has 5 nitrogen and oxygen atoms in total. The number of ether oxygens (including phenoxy) is 1. The van der Waals surface area contributed by atoms with Crippen molar-refractivity contribution < 1.29 is 9.53 Å². The summed E-state index contributed by atoms with van der Waals surface area (Å²) >= 11 is 0. The molecule has 0 atom stereocenters. The number of carbonyl (C=O) groups is 1. The van der Waals surface area contributed by atoms with Gasteiger partial charge in [-0.15, -0.1) is 0 Å². The second kappa shape index (κ2) is 7.65. The van der Waals surface area contributed by atoms with Gasteiger partial charge < -0.3 is 15.0 Å². The number of methoxy groups -OCH3 is 1. The highest BCUT2D eigenvalue weighted by molar-refractivity contribution is 5.92. The van der Waals surface area contributed by atoms with Crippen LogP contribution in [0.5, 0.6) is 5.75 Å². The van der Waals surface area contributed by atoms with Gasteiger partial charge in [-0.05, 0) is 38.1 Å². The van der Waals surface area contributed by atoms with E-state index in [1.165, 1.54) is 0 Å². The molecule has 0 saturated carbocycles. The summed E-state index contributed by atoms with van der Waals surface area (Å²) in [7, 11) is 1.61. The standard InChI is InChI=1S/C16H21N3O2/c1-21-15-5-2-4-14(12-15)18-16(20)13-6-10-19(11-7-13)9-3-8-17/h2,4-5,12-13H,3,6-7,9-11H2,1H3,(H,18,20). The molecule has 0 radical (unpaired) electrons. The van der Waals surface area contributed by atoms with Crippen molar-refractivity contribution in [1.29, 1.82) is 5.26 Å². The van der Waals surface area contributed by atoms with E-state index in [2.05, 4.69) is 16.3 Å². The van der Waals surface area contributed by atoms with Crippen molar-refractivity contribution in [3.8, 4) is 11.8 Å². The summed E-state index contributed by atoms with van der Waals surface area (Å²) in [5.41, 5.74) is 0.770. The third-order valence-corrected chi connectivity index (χ3v) is 3.84. The van der Waals surface area contributed by atoms with E-state index in [1.54, 1.807) is 7.11 Å². The van der Waals surface area contributed by atoms with Crippen LogP contribution in [0.25, 0.3) is 0 Å². The molecule has 1 amide bonds. The lowest BCUT2D eigenvalue weighted by Gasteiger charge is -2.30. The van der Waals surface area contributed by atoms with Gasteiger partial charge in [0.2, 0.25) is 5.91 Å². The molecule has 0 aliphatic carbocycles. The van der Waals surface area contributed by atoms with Gasteiger partial charge in [-0.1, -0.05) is 6.07 Å². The number of benzene rings is 1. The number of hydrogen-bond acceptors (Lipinski definition) is 4. The predicted molar refractivity (Wildman–Crippen MR) is 81.0 cm³/mol. The zero-order valence-electron chi connectivity index (χ0n) is 12.3. The van der Waals surface area contributed by atoms with Crippen LogP contribution in [0.1, 0.15) is 19.3 Å². The number of likely N-dealkylation sites (tertiary alicyclic amines) is 1. The van der Waals surface area contributed by atoms with Crippen molar-refractivity contribution >= 4 is 11.6 Å². The third-order valence-electron chi connectivity index (χ3n) is 3.84. The SMILES string of the molecule is COc1cccc(NC(=O)C2CCN(CCC#N)CC2)c1. The van der Waals surface area contributed by atoms with Crippen molar-refractivity contribution in [2.45, 2.75) is 19.3 Å². The molecule has 1 aliphatic heterocycles. The fourth-order valence-electron chi connectivity index (χ4n) is 2.57. The van der Waals surface area contributed by atoms with E-state index in [-0.39, 0.29) is 11.8 Å². The van der Waals surface area contributed by atoms with Crippen molar-refractivity contribution in [3.05, 3.63) is 24.3 Å². The normalized spacial score (nSPS) is 16.2. The summed E-state index contributed by atoms with van der Waals surface area (Å²) < 4.78 is 5.15. The first-order valence-corrected chi connectivity index (χ1v) is 7.27. The van der Waals surface area contributed by atoms with Crippen LogP contribution in [0.3, 0.4) is 0 Å². The molecule has 5 heteroatoms. The van der Waals surface area contributed by atoms with Crippen molar-refractivity contribution in [2.24, 2.45) is 5.92 Å². The van der Waals surface area contributed by atoms with Crippen molar-refractivity contribution in [3.63, 3.8) is 0 Å². The average Bonchev–Trinajstić information content (AvgIpc) is 2.53. The molecule has 1 aliphatic rings. The van der Waals surface area contributed by atoms with Crippen LogP contribution in [0.2, 0.25) is 0 Å². The Bertz CT molecular complexity index is 516. The van der Waals surface area contributed by atoms with E-state index < -0.39 is 0 Å². The molecule has 1 N–H and O–H groups in total. The maximum absolute atomic E-state index is 12.3. The van der Waals surface area contributed by atoms with E-state index in [1.807, 2.05) is 24.3 Å². The molecular formula is C16H21N3O2. The lowest BCUT2D eigenvalue weighted by Crippen LogP contribution is -2.38. The molecule has 1 heterocycles. The molecule has 1 saturated heterocycles. The molecular weight excluding hydrogens is 266 g/mol. The van der Waals surface area contributed by atoms with E-state index in [0.29, 0.717) is 6.42 Å². The molecule has 112 valence electrons. The fourth-order valence-corrected chi connectivity index (χ4v) is 2.57. The summed E-state index contributed by atoms with van der Waals surface area (Å²) in [5, 5.41) is 11.5. The predicted octanol–water partition coefficient (Wildman–Crippen LogP) is 2.26. The number of nitrogens with one attached hydrogen (secondary N) is 1. The Balaban J connectivity index is 1.83. The second-order valence-corrected chi connectivity index (χ2v) is 5.25. The smallest absolute Gasteiger partial charge is 0.227 e. The Labute approximate surface area is 125 Å². The first-order valence-electron chi connectivity index (χ1n) is 7.27. The highest BCUT2D eigenvalue weighted by atomic mass is 16.5. The van der Waals surface area contributed by atoms with Gasteiger partial charge in [-0.25, -0.2) is 0 Å². The zero-order valence-corrected chi connectivity index (χ0v) is 12.3. The van der Waals surface area contributed by atoms with E-state index in [9.17, 15) is 4.79 Å². The monoisotopic (exact) mass is 287 g/mol. The lowest BCUT2D eigenvalue weighted by molar-refractivity contribution is -0.121. The number of anilines is 1. The highest BCUT2D eigenvalue weighted by Gasteiger charge is 2.24. The molecule has 1 aromatic carbocycles. The molecule has 2 rings (SSSR count). The number of carbonyl (C=O) groups excluding carboxylic acids is 1. The molecule has 0 bridgehead atoms. The average molecular weight is 287 g/mol. The maximum atomic E-state index is 12.3. The number of nitriles is 1. The summed E-state index contributed by atoms with van der Waals surface area (Å²) in [6.45, 7) is 2.58. The van der Waals surface area contributed by atoms with Gasteiger partial charge in [0, 0.05) is 30.6 Å². The number of amides is 1. The Kier molecular flexibility index (Phi) is 5.59. The summed E-state index contributed by atoms with van der Waals surface area (Å²) in [4.78, 5) is 14.5. The minimum atomic E-state index is 0.0505. The van der Waals surface area contributed by atoms with E-state index >= 15 is 0 Å². The van der Waals surface area contributed by atoms with E-state index in [0.717, 1.165) is 43.9 Å². The third kappa shape index (κ3) is 4.47. The van der Waals surface area contributed by atoms with Crippen LogP contribution >= 0.6 is 0 Å². The molecule has 1 aromatic rings. The van der Waals surface area contributed by atoms with Crippen LogP contribution in [-0.4, -0.2) is 37.6 Å². The van der Waals surface area contributed by atoms with Crippen molar-refractivity contribution in [2.75, 3.05) is 32.1 Å². The van der Waals surface area contributed by atoms with Crippen molar-refractivity contribution in [1.82, 2.24) is 4.90 Å². The van der Waals surface area contributed by atoms with Gasteiger partial charge in [0.15, 0.2) is 0 Å². The minimum absolute atomic E-state index is 0.0505. The van der Waals surface area contributed by atoms with Gasteiger partial charge in [-0.2, -0.15) is 5.26 Å². The quantitative estimate of drug-likeness (QED) is 0.902. The summed E-state index contributed by atoms with van der Waals surface area (Å²) in [6, 6.07) is 9.55. The van der Waals surface area contributed by atoms with Crippen LogP contribution in [0.15, 0.2) is 24.3 Å². The van der Waals surface area contributed by atoms with Crippen LogP contribution in [0, 0.1) is 17.2 Å². The molecule has 0 spiro atoms. The van der Waals surface area contributed by atoms with Gasteiger partial charge in [0.1, 0.15) is 5.75 Å². The Morgan fingerprint density at radius 1 is 1.48 bits per heavy atom. The topological polar surface area (TPSA) is 65.4 Å². The molecule has 21 heavy (non-hydrogen) atoms. The highest BCUT2D eigenvalue weighted by Crippen LogP contribution is 2.21. The molecule has 0 aromatic heterocycles. The number of rotatable bonds is 5. The van der Waals surface area contributed by atoms with E-state index in [4.69, 9.17) is 10.00 Å². The molecule has 1 fully saturated rings. The number of piperidine rings is 1. The summed E-state index contributed by atoms with van der Waals surface area (Å²) in [5.74, 6) is 0.858.